The van der Waals surface area contributed by atoms with Crippen molar-refractivity contribution in [2.24, 2.45) is 5.92 Å². The van der Waals surface area contributed by atoms with Crippen LogP contribution in [0.25, 0.3) is 0 Å². The maximum Gasteiger partial charge on any atom is 0.0820 e. The molecular weight excluding hydrogens is 234 g/mol. The number of nitrogens with zero attached hydrogens (tertiary/aromatic N) is 1. The second-order valence-corrected chi connectivity index (χ2v) is 6.21. The first-order valence-corrected chi connectivity index (χ1v) is 7.50. The Bertz CT molecular complexity index is 408. The monoisotopic (exact) mass is 261 g/mol. The molecule has 0 aliphatic heterocycles. The summed E-state index contributed by atoms with van der Waals surface area (Å²) in [7, 11) is 4.17. The topological polar surface area (TPSA) is 23.5 Å². The van der Waals surface area contributed by atoms with Crippen LogP contribution >= 0.6 is 0 Å². The summed E-state index contributed by atoms with van der Waals surface area (Å²) < 4.78 is 0. The minimum atomic E-state index is -0.276. The molecule has 0 spiro atoms. The van der Waals surface area contributed by atoms with E-state index in [4.69, 9.17) is 0 Å². The molecule has 1 atom stereocenters. The molecule has 0 amide bonds. The van der Waals surface area contributed by atoms with Gasteiger partial charge in [-0.05, 0) is 56.5 Å². The molecule has 1 saturated carbocycles. The number of aliphatic hydroxyl groups is 1. The molecule has 2 heteroatoms. The third kappa shape index (κ3) is 3.58. The van der Waals surface area contributed by atoms with Crippen LogP contribution in [0.3, 0.4) is 0 Å². The number of hydrogen-bond acceptors (Lipinski definition) is 2. The van der Waals surface area contributed by atoms with E-state index in [9.17, 15) is 5.11 Å². The highest BCUT2D eigenvalue weighted by Crippen LogP contribution is 2.36. The second kappa shape index (κ2) is 6.53. The summed E-state index contributed by atoms with van der Waals surface area (Å²) in [6, 6.07) is 6.37. The van der Waals surface area contributed by atoms with Gasteiger partial charge in [0.1, 0.15) is 0 Å². The molecular formula is C17H27NO. The first-order valence-electron chi connectivity index (χ1n) is 7.50. The summed E-state index contributed by atoms with van der Waals surface area (Å²) in [5, 5.41) is 10.7. The third-order valence-electron chi connectivity index (χ3n) is 4.39. The van der Waals surface area contributed by atoms with Gasteiger partial charge in [0.05, 0.1) is 6.10 Å². The molecule has 19 heavy (non-hydrogen) atoms. The minimum Gasteiger partial charge on any atom is -0.388 e. The zero-order chi connectivity index (χ0) is 13.8. The second-order valence-electron chi connectivity index (χ2n) is 6.21. The number of benzene rings is 1. The molecule has 2 rings (SSSR count). The Morgan fingerprint density at radius 1 is 1.21 bits per heavy atom. The lowest BCUT2D eigenvalue weighted by Gasteiger charge is -2.28. The van der Waals surface area contributed by atoms with Crippen molar-refractivity contribution in [2.75, 3.05) is 14.1 Å². The Hall–Kier alpha value is -0.860. The summed E-state index contributed by atoms with van der Waals surface area (Å²) in [6.07, 6.45) is 5.97. The fourth-order valence-corrected chi connectivity index (χ4v) is 3.24. The molecule has 1 aromatic rings. The number of hydrogen-bond donors (Lipinski definition) is 1. The molecule has 106 valence electrons. The average molecular weight is 261 g/mol. The minimum absolute atomic E-state index is 0.276. The van der Waals surface area contributed by atoms with E-state index in [1.807, 2.05) is 0 Å². The number of rotatable bonds is 4. The van der Waals surface area contributed by atoms with E-state index in [0.717, 1.165) is 12.1 Å². The number of aliphatic hydroxyl groups excluding tert-OH is 1. The van der Waals surface area contributed by atoms with Gasteiger partial charge in [-0.15, -0.1) is 0 Å². The molecule has 0 bridgehead atoms. The Kier molecular flexibility index (Phi) is 5.00. The molecule has 1 N–H and O–H groups in total. The van der Waals surface area contributed by atoms with Gasteiger partial charge in [0.15, 0.2) is 0 Å². The van der Waals surface area contributed by atoms with E-state index in [-0.39, 0.29) is 6.10 Å². The van der Waals surface area contributed by atoms with Gasteiger partial charge in [0, 0.05) is 6.54 Å². The molecule has 0 saturated heterocycles. The maximum atomic E-state index is 10.7. The van der Waals surface area contributed by atoms with E-state index >= 15 is 0 Å². The fraction of sp³-hybridized carbons (Fsp3) is 0.647. The van der Waals surface area contributed by atoms with Gasteiger partial charge < -0.3 is 10.0 Å². The van der Waals surface area contributed by atoms with E-state index in [0.29, 0.717) is 5.92 Å². The van der Waals surface area contributed by atoms with E-state index in [1.165, 1.54) is 43.2 Å². The summed E-state index contributed by atoms with van der Waals surface area (Å²) in [6.45, 7) is 3.09. The molecule has 1 fully saturated rings. The van der Waals surface area contributed by atoms with E-state index in [2.05, 4.69) is 44.1 Å². The summed E-state index contributed by atoms with van der Waals surface area (Å²) in [4.78, 5) is 2.18. The normalized spacial score (nSPS) is 18.8. The van der Waals surface area contributed by atoms with Crippen molar-refractivity contribution in [2.45, 2.75) is 51.7 Å². The largest absolute Gasteiger partial charge is 0.388 e. The third-order valence-corrected chi connectivity index (χ3v) is 4.39. The fourth-order valence-electron chi connectivity index (χ4n) is 3.24. The van der Waals surface area contributed by atoms with Gasteiger partial charge in [0.2, 0.25) is 0 Å². The van der Waals surface area contributed by atoms with Crippen LogP contribution in [-0.2, 0) is 6.54 Å². The predicted octanol–water partition coefficient (Wildman–Crippen LogP) is 3.67. The molecule has 1 aliphatic carbocycles. The SMILES string of the molecule is Cc1c(CN(C)C)cccc1[C@@H](O)C1CCCCC1. The highest BCUT2D eigenvalue weighted by Gasteiger charge is 2.24. The quantitative estimate of drug-likeness (QED) is 0.894. The van der Waals surface area contributed by atoms with Crippen molar-refractivity contribution in [1.82, 2.24) is 4.90 Å². The smallest absolute Gasteiger partial charge is 0.0820 e. The van der Waals surface area contributed by atoms with Crippen LogP contribution in [0.15, 0.2) is 18.2 Å². The van der Waals surface area contributed by atoms with Gasteiger partial charge in [-0.2, -0.15) is 0 Å². The summed E-state index contributed by atoms with van der Waals surface area (Å²) in [5.74, 6) is 0.460. The molecule has 1 aliphatic rings. The summed E-state index contributed by atoms with van der Waals surface area (Å²) >= 11 is 0. The van der Waals surface area contributed by atoms with Gasteiger partial charge in [-0.1, -0.05) is 37.5 Å². The van der Waals surface area contributed by atoms with E-state index < -0.39 is 0 Å². The van der Waals surface area contributed by atoms with Crippen molar-refractivity contribution >= 4 is 0 Å². The molecule has 0 unspecified atom stereocenters. The van der Waals surface area contributed by atoms with Crippen molar-refractivity contribution in [3.8, 4) is 0 Å². The summed E-state index contributed by atoms with van der Waals surface area (Å²) in [5.41, 5.74) is 3.75. The lowest BCUT2D eigenvalue weighted by atomic mass is 9.81. The van der Waals surface area contributed by atoms with Crippen LogP contribution in [0.5, 0.6) is 0 Å². The highest BCUT2D eigenvalue weighted by molar-refractivity contribution is 5.35. The molecule has 2 nitrogen and oxygen atoms in total. The van der Waals surface area contributed by atoms with Crippen LogP contribution in [0, 0.1) is 12.8 Å². The van der Waals surface area contributed by atoms with Crippen LogP contribution in [0.4, 0.5) is 0 Å². The first-order chi connectivity index (χ1) is 9.09. The highest BCUT2D eigenvalue weighted by atomic mass is 16.3. The molecule has 0 radical (unpaired) electrons. The van der Waals surface area contributed by atoms with Crippen LogP contribution in [-0.4, -0.2) is 24.1 Å². The Morgan fingerprint density at radius 2 is 1.89 bits per heavy atom. The van der Waals surface area contributed by atoms with Crippen molar-refractivity contribution < 1.29 is 5.11 Å². The molecule has 0 heterocycles. The van der Waals surface area contributed by atoms with Crippen LogP contribution in [0.2, 0.25) is 0 Å². The van der Waals surface area contributed by atoms with Gasteiger partial charge in [-0.25, -0.2) is 0 Å². The van der Waals surface area contributed by atoms with Gasteiger partial charge >= 0.3 is 0 Å². The lowest BCUT2D eigenvalue weighted by Crippen LogP contribution is -2.18. The van der Waals surface area contributed by atoms with Crippen molar-refractivity contribution in [1.29, 1.82) is 0 Å². The zero-order valence-electron chi connectivity index (χ0n) is 12.5. The van der Waals surface area contributed by atoms with Crippen molar-refractivity contribution in [3.05, 3.63) is 34.9 Å². The zero-order valence-corrected chi connectivity index (χ0v) is 12.5. The Balaban J connectivity index is 2.18. The predicted molar refractivity (Wildman–Crippen MR) is 80.1 cm³/mol. The maximum absolute atomic E-state index is 10.7. The molecule has 0 aromatic heterocycles. The Morgan fingerprint density at radius 3 is 2.53 bits per heavy atom. The van der Waals surface area contributed by atoms with E-state index in [1.54, 1.807) is 0 Å². The molecule has 1 aromatic carbocycles. The van der Waals surface area contributed by atoms with Gasteiger partial charge in [-0.3, -0.25) is 0 Å². The first kappa shape index (κ1) is 14.5. The standard InChI is InChI=1S/C17H27NO/c1-13-15(12-18(2)3)10-7-11-16(13)17(19)14-8-5-4-6-9-14/h7,10-11,14,17,19H,4-6,8-9,12H2,1-3H3/t17-/m0/s1. The van der Waals surface area contributed by atoms with Crippen molar-refractivity contribution in [3.63, 3.8) is 0 Å². The van der Waals surface area contributed by atoms with Gasteiger partial charge in [0.25, 0.3) is 0 Å². The lowest BCUT2D eigenvalue weighted by molar-refractivity contribution is 0.0842. The average Bonchev–Trinajstić information content (AvgIpc) is 2.41. The Labute approximate surface area is 117 Å². The van der Waals surface area contributed by atoms with Crippen LogP contribution in [0.1, 0.15) is 54.9 Å². The van der Waals surface area contributed by atoms with Crippen LogP contribution < -0.4 is 0 Å².